The third-order valence-electron chi connectivity index (χ3n) is 8.00. The minimum Gasteiger partial charge on any atom is -0.495 e. The number of hydrogen-bond acceptors (Lipinski definition) is 7. The Morgan fingerprint density at radius 2 is 1.80 bits per heavy atom. The second-order valence-corrected chi connectivity index (χ2v) is 11.1. The van der Waals surface area contributed by atoms with E-state index in [1.54, 1.807) is 13.2 Å². The number of anilines is 1. The Balaban J connectivity index is 0.00000268. The summed E-state index contributed by atoms with van der Waals surface area (Å²) in [6.45, 7) is 25.5. The van der Waals surface area contributed by atoms with Crippen molar-refractivity contribution in [1.82, 2.24) is 10.3 Å². The lowest BCUT2D eigenvalue weighted by molar-refractivity contribution is 0.416. The average Bonchev–Trinajstić information content (AvgIpc) is 3.92. The SMILES string of the molecule is C#CN.CC.CC.CC=N/C(C)=C(\C)c1nc(C(CNCc2cc(C=NCCC)c(N)c(OC)c2)C2CC2)cc(C(C)CC)c1C. The fraction of sp³-hybridized carbons (Fsp3) is 0.564. The van der Waals surface area contributed by atoms with E-state index in [0.717, 1.165) is 60.6 Å². The van der Waals surface area contributed by atoms with Crippen LogP contribution >= 0.6 is 0 Å². The van der Waals surface area contributed by atoms with Crippen molar-refractivity contribution in [3.63, 3.8) is 0 Å². The fourth-order valence-corrected chi connectivity index (χ4v) is 5.16. The minimum absolute atomic E-state index is 0.371. The summed E-state index contributed by atoms with van der Waals surface area (Å²) in [5.41, 5.74) is 20.6. The Morgan fingerprint density at radius 3 is 2.33 bits per heavy atom. The van der Waals surface area contributed by atoms with Crippen LogP contribution in [0.2, 0.25) is 0 Å². The maximum atomic E-state index is 6.33. The summed E-state index contributed by atoms with van der Waals surface area (Å²) in [5.74, 6) is 2.22. The zero-order valence-electron chi connectivity index (χ0n) is 31.1. The quantitative estimate of drug-likeness (QED) is 0.0833. The summed E-state index contributed by atoms with van der Waals surface area (Å²) in [6.07, 6.45) is 12.7. The van der Waals surface area contributed by atoms with Crippen LogP contribution in [0.4, 0.5) is 5.69 Å². The van der Waals surface area contributed by atoms with E-state index >= 15 is 0 Å². The molecule has 2 unspecified atom stereocenters. The van der Waals surface area contributed by atoms with Gasteiger partial charge in [0.25, 0.3) is 0 Å². The van der Waals surface area contributed by atoms with Crippen LogP contribution in [0.15, 0.2) is 33.9 Å². The highest BCUT2D eigenvalue weighted by Gasteiger charge is 2.34. The van der Waals surface area contributed by atoms with Gasteiger partial charge in [-0.25, -0.2) is 0 Å². The molecule has 1 aromatic carbocycles. The summed E-state index contributed by atoms with van der Waals surface area (Å²) in [6, 6.07) is 8.28. The van der Waals surface area contributed by atoms with Crippen LogP contribution in [0, 0.1) is 25.3 Å². The molecule has 0 radical (unpaired) electrons. The van der Waals surface area contributed by atoms with Crippen molar-refractivity contribution in [2.24, 2.45) is 21.6 Å². The minimum atomic E-state index is 0.371. The molecule has 1 aliphatic carbocycles. The van der Waals surface area contributed by atoms with Gasteiger partial charge in [0.05, 0.1) is 18.5 Å². The van der Waals surface area contributed by atoms with Gasteiger partial charge in [-0.05, 0) is 112 Å². The van der Waals surface area contributed by atoms with Gasteiger partial charge in [-0.15, -0.1) is 0 Å². The molecule has 7 heteroatoms. The van der Waals surface area contributed by atoms with Crippen molar-refractivity contribution < 1.29 is 4.74 Å². The molecule has 0 spiro atoms. The van der Waals surface area contributed by atoms with Gasteiger partial charge in [0.2, 0.25) is 0 Å². The molecule has 46 heavy (non-hydrogen) atoms. The van der Waals surface area contributed by atoms with Crippen LogP contribution in [0.5, 0.6) is 5.75 Å². The molecule has 0 aliphatic heterocycles. The number of methoxy groups -OCH3 is 1. The first kappa shape index (κ1) is 42.4. The van der Waals surface area contributed by atoms with Crippen molar-refractivity contribution in [2.75, 3.05) is 25.9 Å². The summed E-state index contributed by atoms with van der Waals surface area (Å²) in [4.78, 5) is 14.4. The number of ether oxygens (including phenoxy) is 1. The number of pyridine rings is 1. The zero-order valence-corrected chi connectivity index (χ0v) is 31.1. The van der Waals surface area contributed by atoms with E-state index in [2.05, 4.69) is 81.1 Å². The molecule has 2 atom stereocenters. The van der Waals surface area contributed by atoms with Crippen LogP contribution in [-0.2, 0) is 6.54 Å². The first-order valence-corrected chi connectivity index (χ1v) is 17.2. The topological polar surface area (TPSA) is 111 Å². The maximum absolute atomic E-state index is 6.33. The number of rotatable bonds is 14. The van der Waals surface area contributed by atoms with E-state index in [1.165, 1.54) is 29.7 Å². The first-order valence-electron chi connectivity index (χ1n) is 17.2. The van der Waals surface area contributed by atoms with Gasteiger partial charge in [0.1, 0.15) is 5.75 Å². The number of nitrogens with two attached hydrogens (primary N) is 2. The Morgan fingerprint density at radius 1 is 1.17 bits per heavy atom. The van der Waals surface area contributed by atoms with Crippen LogP contribution in [0.1, 0.15) is 140 Å². The van der Waals surface area contributed by atoms with E-state index in [9.17, 15) is 0 Å². The molecule has 1 saturated carbocycles. The molecule has 1 aromatic heterocycles. The number of aromatic nitrogens is 1. The molecule has 2 aromatic rings. The molecule has 7 nitrogen and oxygen atoms in total. The lowest BCUT2D eigenvalue weighted by atomic mass is 9.88. The van der Waals surface area contributed by atoms with Crippen molar-refractivity contribution in [3.8, 4) is 18.2 Å². The number of allylic oxidation sites excluding steroid dienone is 2. The number of nitrogens with zero attached hydrogens (tertiary/aromatic N) is 3. The number of terminal acetylenes is 1. The molecule has 0 amide bonds. The molecule has 1 fully saturated rings. The summed E-state index contributed by atoms with van der Waals surface area (Å²) in [7, 11) is 1.67. The average molecular weight is 633 g/mol. The molecule has 0 bridgehead atoms. The third kappa shape index (κ3) is 13.0. The van der Waals surface area contributed by atoms with Crippen molar-refractivity contribution in [3.05, 3.63) is 57.5 Å². The Bertz CT molecular complexity index is 1300. The molecule has 5 N–H and O–H groups in total. The number of nitrogen functional groups attached to an aromatic ring is 1. The third-order valence-corrected chi connectivity index (χ3v) is 8.00. The number of aliphatic imine (C=N–C) groups is 2. The normalized spacial score (nSPS) is 14.1. The van der Waals surface area contributed by atoms with Gasteiger partial charge in [-0.1, -0.05) is 54.9 Å². The second kappa shape index (κ2) is 23.7. The van der Waals surface area contributed by atoms with Crippen LogP contribution < -0.4 is 21.5 Å². The molecular weight excluding hydrogens is 568 g/mol. The van der Waals surface area contributed by atoms with Gasteiger partial charge >= 0.3 is 0 Å². The highest BCUT2D eigenvalue weighted by atomic mass is 16.5. The fourth-order valence-electron chi connectivity index (χ4n) is 5.16. The molecule has 1 heterocycles. The number of hydrogen-bond donors (Lipinski definition) is 3. The molecule has 256 valence electrons. The maximum Gasteiger partial charge on any atom is 0.142 e. The first-order chi connectivity index (χ1) is 22.2. The molecule has 3 rings (SSSR count). The van der Waals surface area contributed by atoms with Gasteiger partial charge in [-0.2, -0.15) is 0 Å². The van der Waals surface area contributed by atoms with E-state index in [-0.39, 0.29) is 0 Å². The van der Waals surface area contributed by atoms with E-state index in [0.29, 0.717) is 29.2 Å². The number of benzene rings is 1. The summed E-state index contributed by atoms with van der Waals surface area (Å²) >= 11 is 0. The van der Waals surface area contributed by atoms with Crippen molar-refractivity contribution in [2.45, 2.75) is 120 Å². The lowest BCUT2D eigenvalue weighted by Crippen LogP contribution is -2.24. The van der Waals surface area contributed by atoms with Gasteiger partial charge in [-0.3, -0.25) is 15.0 Å². The van der Waals surface area contributed by atoms with E-state index in [1.807, 2.05) is 53.1 Å². The van der Waals surface area contributed by atoms with Gasteiger partial charge in [0, 0.05) is 54.9 Å². The Labute approximate surface area is 281 Å². The number of nitrogens with one attached hydrogen (secondary N) is 1. The molecule has 1 aliphatic rings. The Kier molecular flexibility index (Phi) is 21.8. The van der Waals surface area contributed by atoms with Gasteiger partial charge in [0.15, 0.2) is 0 Å². The van der Waals surface area contributed by atoms with Crippen LogP contribution in [0.3, 0.4) is 0 Å². The lowest BCUT2D eigenvalue weighted by Gasteiger charge is -2.23. The van der Waals surface area contributed by atoms with Gasteiger partial charge < -0.3 is 21.5 Å². The Hall–Kier alpha value is -3.63. The van der Waals surface area contributed by atoms with Crippen molar-refractivity contribution >= 4 is 23.7 Å². The molecule has 0 saturated heterocycles. The van der Waals surface area contributed by atoms with Crippen molar-refractivity contribution in [1.29, 1.82) is 0 Å². The largest absolute Gasteiger partial charge is 0.495 e. The molecular formula is C39H64N6O. The summed E-state index contributed by atoms with van der Waals surface area (Å²) < 4.78 is 5.57. The van der Waals surface area contributed by atoms with Crippen LogP contribution in [0.25, 0.3) is 5.57 Å². The van der Waals surface area contributed by atoms with E-state index < -0.39 is 0 Å². The smallest absolute Gasteiger partial charge is 0.142 e. The second-order valence-electron chi connectivity index (χ2n) is 11.1. The zero-order chi connectivity index (χ0) is 35.2. The van der Waals surface area contributed by atoms with Crippen LogP contribution in [-0.4, -0.2) is 37.6 Å². The monoisotopic (exact) mass is 633 g/mol. The summed E-state index contributed by atoms with van der Waals surface area (Å²) in [5, 5.41) is 3.74. The highest BCUT2D eigenvalue weighted by Crippen LogP contribution is 2.43. The van der Waals surface area contributed by atoms with E-state index in [4.69, 9.17) is 15.5 Å². The highest BCUT2D eigenvalue weighted by molar-refractivity contribution is 5.89. The standard InChI is InChI=1S/C33H49N5O.C2H3N.2C2H6/c1-9-14-35-19-27-15-25(16-31(39-8)32(27)34)18-36-20-29(26-12-13-26)30-17-28(21(4)10-2)23(6)33(38-30)22(5)24(7)37-11-3;1-2-3;2*1-2/h11,15-17,19,21,26,29,36H,9-10,12-14,18,20,34H2,1-8H3;1H,3H2;2*1-2H3/b24-22+,35-19?,37-11?;;;. The predicted molar refractivity (Wildman–Crippen MR) is 203 cm³/mol. The predicted octanol–water partition coefficient (Wildman–Crippen LogP) is 9.04.